The number of carboxylic acids is 1. The largest absolute Gasteiger partial charge is 0.481 e. The highest BCUT2D eigenvalue weighted by Gasteiger charge is 2.00. The van der Waals surface area contributed by atoms with Gasteiger partial charge in [0.15, 0.2) is 0 Å². The van der Waals surface area contributed by atoms with Crippen molar-refractivity contribution in [1.82, 2.24) is 15.5 Å². The van der Waals surface area contributed by atoms with Crippen molar-refractivity contribution in [3.63, 3.8) is 0 Å². The molecule has 0 atom stereocenters. The smallest absolute Gasteiger partial charge is 0.314 e. The van der Waals surface area contributed by atoms with Crippen LogP contribution in [0.25, 0.3) is 0 Å². The molecule has 0 aliphatic carbocycles. The Bertz CT molecular complexity index is 234. The van der Waals surface area contributed by atoms with Crippen molar-refractivity contribution in [2.24, 2.45) is 0 Å². The van der Waals surface area contributed by atoms with Crippen LogP contribution in [0.5, 0.6) is 0 Å². The van der Waals surface area contributed by atoms with Crippen LogP contribution in [0.4, 0.5) is 4.79 Å². The van der Waals surface area contributed by atoms with E-state index in [0.29, 0.717) is 25.9 Å². The summed E-state index contributed by atoms with van der Waals surface area (Å²) in [6.45, 7) is 4.97. The second kappa shape index (κ2) is 9.89. The molecule has 6 nitrogen and oxygen atoms in total. The number of hydrogen-bond donors (Lipinski definition) is 3. The summed E-state index contributed by atoms with van der Waals surface area (Å²) in [4.78, 5) is 23.6. The Hall–Kier alpha value is -1.30. The van der Waals surface area contributed by atoms with E-state index in [4.69, 9.17) is 5.11 Å². The average Bonchev–Trinajstić information content (AvgIpc) is 2.27. The van der Waals surface area contributed by atoms with E-state index in [-0.39, 0.29) is 12.5 Å². The average molecular weight is 245 g/mol. The third-order valence-corrected chi connectivity index (χ3v) is 2.42. The van der Waals surface area contributed by atoms with Gasteiger partial charge in [-0.2, -0.15) is 0 Å². The molecule has 0 aromatic carbocycles. The number of unbranched alkanes of at least 4 members (excludes halogenated alkanes) is 1. The molecule has 0 spiro atoms. The summed E-state index contributed by atoms with van der Waals surface area (Å²) in [5, 5.41) is 13.8. The van der Waals surface area contributed by atoms with Crippen molar-refractivity contribution in [2.75, 3.05) is 33.2 Å². The van der Waals surface area contributed by atoms with Crippen LogP contribution in [0, 0.1) is 0 Å². The SMILES string of the molecule is CCN(C)CCNC(=O)NCCCCC(=O)O. The second-order valence-electron chi connectivity index (χ2n) is 3.93. The molecule has 17 heavy (non-hydrogen) atoms. The van der Waals surface area contributed by atoms with Crippen LogP contribution in [0.3, 0.4) is 0 Å². The second-order valence-corrected chi connectivity index (χ2v) is 3.93. The molecule has 0 bridgehead atoms. The van der Waals surface area contributed by atoms with E-state index in [2.05, 4.69) is 22.5 Å². The van der Waals surface area contributed by atoms with Gasteiger partial charge in [-0.05, 0) is 26.4 Å². The molecule has 100 valence electrons. The Morgan fingerprint density at radius 1 is 1.18 bits per heavy atom. The van der Waals surface area contributed by atoms with E-state index in [1.54, 1.807) is 0 Å². The summed E-state index contributed by atoms with van der Waals surface area (Å²) < 4.78 is 0. The first-order chi connectivity index (χ1) is 8.06. The minimum Gasteiger partial charge on any atom is -0.481 e. The highest BCUT2D eigenvalue weighted by Crippen LogP contribution is 1.92. The van der Waals surface area contributed by atoms with Gasteiger partial charge < -0.3 is 20.6 Å². The Kier molecular flexibility index (Phi) is 9.14. The number of aliphatic carboxylic acids is 1. The molecule has 0 aromatic heterocycles. The fourth-order valence-corrected chi connectivity index (χ4v) is 1.18. The van der Waals surface area contributed by atoms with Crippen LogP contribution < -0.4 is 10.6 Å². The fourth-order valence-electron chi connectivity index (χ4n) is 1.18. The van der Waals surface area contributed by atoms with Gasteiger partial charge in [-0.1, -0.05) is 6.92 Å². The molecular formula is C11H23N3O3. The fraction of sp³-hybridized carbons (Fsp3) is 0.818. The number of urea groups is 1. The van der Waals surface area contributed by atoms with Gasteiger partial charge in [0, 0.05) is 26.1 Å². The predicted molar refractivity (Wildman–Crippen MR) is 66.1 cm³/mol. The molecule has 0 rings (SSSR count). The van der Waals surface area contributed by atoms with Gasteiger partial charge in [0.1, 0.15) is 0 Å². The number of rotatable bonds is 9. The molecule has 0 aliphatic rings. The Morgan fingerprint density at radius 2 is 1.82 bits per heavy atom. The number of nitrogens with one attached hydrogen (secondary N) is 2. The molecule has 0 unspecified atom stereocenters. The van der Waals surface area contributed by atoms with Crippen molar-refractivity contribution < 1.29 is 14.7 Å². The first-order valence-corrected chi connectivity index (χ1v) is 5.98. The zero-order valence-electron chi connectivity index (χ0n) is 10.7. The van der Waals surface area contributed by atoms with Crippen LogP contribution in [0.1, 0.15) is 26.2 Å². The molecule has 0 saturated carbocycles. The normalized spacial score (nSPS) is 10.3. The zero-order chi connectivity index (χ0) is 13.1. The third-order valence-electron chi connectivity index (χ3n) is 2.42. The number of carbonyl (C=O) groups excluding carboxylic acids is 1. The molecule has 0 saturated heterocycles. The molecule has 3 N–H and O–H groups in total. The zero-order valence-corrected chi connectivity index (χ0v) is 10.7. The monoisotopic (exact) mass is 245 g/mol. The Balaban J connectivity index is 3.32. The summed E-state index contributed by atoms with van der Waals surface area (Å²) in [5.41, 5.74) is 0. The standard InChI is InChI=1S/C11H23N3O3/c1-3-14(2)9-8-13-11(17)12-7-5-4-6-10(15)16/h3-9H2,1-2H3,(H,15,16)(H2,12,13,17). The van der Waals surface area contributed by atoms with Crippen molar-refractivity contribution in [3.8, 4) is 0 Å². The molecule has 6 heteroatoms. The van der Waals surface area contributed by atoms with Gasteiger partial charge in [0.2, 0.25) is 0 Å². The van der Waals surface area contributed by atoms with Gasteiger partial charge in [-0.15, -0.1) is 0 Å². The van der Waals surface area contributed by atoms with Crippen LogP contribution in [0.15, 0.2) is 0 Å². The van der Waals surface area contributed by atoms with Crippen molar-refractivity contribution in [2.45, 2.75) is 26.2 Å². The summed E-state index contributed by atoms with van der Waals surface area (Å²) >= 11 is 0. The van der Waals surface area contributed by atoms with E-state index in [0.717, 1.165) is 13.1 Å². The number of carbonyl (C=O) groups is 2. The van der Waals surface area contributed by atoms with Gasteiger partial charge in [-0.25, -0.2) is 4.79 Å². The molecule has 0 aromatic rings. The first-order valence-electron chi connectivity index (χ1n) is 5.98. The quantitative estimate of drug-likeness (QED) is 0.516. The van der Waals surface area contributed by atoms with Crippen LogP contribution in [-0.4, -0.2) is 55.2 Å². The van der Waals surface area contributed by atoms with Crippen molar-refractivity contribution >= 4 is 12.0 Å². The summed E-state index contributed by atoms with van der Waals surface area (Å²) in [7, 11) is 1.99. The molecule has 0 heterocycles. The lowest BCUT2D eigenvalue weighted by Gasteiger charge is -2.14. The summed E-state index contributed by atoms with van der Waals surface area (Å²) in [6.07, 6.45) is 1.44. The Labute approximate surface area is 102 Å². The highest BCUT2D eigenvalue weighted by molar-refractivity contribution is 5.73. The van der Waals surface area contributed by atoms with Crippen molar-refractivity contribution in [1.29, 1.82) is 0 Å². The third kappa shape index (κ3) is 11.0. The van der Waals surface area contributed by atoms with E-state index < -0.39 is 5.97 Å². The first kappa shape index (κ1) is 15.7. The van der Waals surface area contributed by atoms with E-state index in [9.17, 15) is 9.59 Å². The number of likely N-dealkylation sites (N-methyl/N-ethyl adjacent to an activating group) is 1. The summed E-state index contributed by atoms with van der Waals surface area (Å²) in [6, 6.07) is -0.190. The molecular weight excluding hydrogens is 222 g/mol. The molecule has 0 radical (unpaired) electrons. The van der Waals surface area contributed by atoms with Crippen LogP contribution in [-0.2, 0) is 4.79 Å². The number of amides is 2. The number of nitrogens with zero attached hydrogens (tertiary/aromatic N) is 1. The maximum Gasteiger partial charge on any atom is 0.314 e. The number of carboxylic acid groups (broad SMARTS) is 1. The van der Waals surface area contributed by atoms with Crippen LogP contribution >= 0.6 is 0 Å². The summed E-state index contributed by atoms with van der Waals surface area (Å²) in [5.74, 6) is -0.794. The van der Waals surface area contributed by atoms with E-state index in [1.165, 1.54) is 0 Å². The maximum absolute atomic E-state index is 11.3. The van der Waals surface area contributed by atoms with Crippen molar-refractivity contribution in [3.05, 3.63) is 0 Å². The van der Waals surface area contributed by atoms with E-state index in [1.807, 2.05) is 7.05 Å². The van der Waals surface area contributed by atoms with Gasteiger partial charge in [-0.3, -0.25) is 4.79 Å². The minimum absolute atomic E-state index is 0.157. The molecule has 0 aliphatic heterocycles. The van der Waals surface area contributed by atoms with Crippen LogP contribution in [0.2, 0.25) is 0 Å². The minimum atomic E-state index is -0.794. The van der Waals surface area contributed by atoms with Gasteiger partial charge in [0.25, 0.3) is 0 Å². The van der Waals surface area contributed by atoms with Gasteiger partial charge in [0.05, 0.1) is 0 Å². The Morgan fingerprint density at radius 3 is 2.41 bits per heavy atom. The lowest BCUT2D eigenvalue weighted by Crippen LogP contribution is -2.39. The lowest BCUT2D eigenvalue weighted by atomic mass is 10.2. The highest BCUT2D eigenvalue weighted by atomic mass is 16.4. The topological polar surface area (TPSA) is 81.7 Å². The molecule has 0 fully saturated rings. The predicted octanol–water partition coefficient (Wildman–Crippen LogP) is 0.492. The lowest BCUT2D eigenvalue weighted by molar-refractivity contribution is -0.137. The van der Waals surface area contributed by atoms with E-state index >= 15 is 0 Å². The molecule has 2 amide bonds. The number of hydrogen-bond acceptors (Lipinski definition) is 3. The maximum atomic E-state index is 11.3. The van der Waals surface area contributed by atoms with Gasteiger partial charge >= 0.3 is 12.0 Å².